The van der Waals surface area contributed by atoms with Crippen LogP contribution in [0.15, 0.2) is 59.0 Å². The summed E-state index contributed by atoms with van der Waals surface area (Å²) >= 11 is 1.63. The van der Waals surface area contributed by atoms with Crippen LogP contribution in [0.4, 0.5) is 0 Å². The highest BCUT2D eigenvalue weighted by Crippen LogP contribution is 2.23. The van der Waals surface area contributed by atoms with Crippen LogP contribution in [0.2, 0.25) is 0 Å². The first-order valence-corrected chi connectivity index (χ1v) is 8.86. The van der Waals surface area contributed by atoms with Crippen LogP contribution in [0.5, 0.6) is 5.75 Å². The van der Waals surface area contributed by atoms with Gasteiger partial charge in [-0.3, -0.25) is 4.79 Å². The van der Waals surface area contributed by atoms with E-state index in [4.69, 9.17) is 14.9 Å². The fourth-order valence-corrected chi connectivity index (χ4v) is 2.84. The number of benzene rings is 2. The third kappa shape index (κ3) is 4.60. The summed E-state index contributed by atoms with van der Waals surface area (Å²) in [6.07, 6.45) is 0. The largest absolute Gasteiger partial charge is 0.493 e. The van der Waals surface area contributed by atoms with Crippen molar-refractivity contribution in [2.75, 3.05) is 12.4 Å². The van der Waals surface area contributed by atoms with Gasteiger partial charge in [0.25, 0.3) is 0 Å². The zero-order valence-electron chi connectivity index (χ0n) is 13.4. The lowest BCUT2D eigenvalue weighted by molar-refractivity contribution is 0.100. The molecule has 2 aromatic carbocycles. The van der Waals surface area contributed by atoms with Gasteiger partial charge in [0.15, 0.2) is 0 Å². The maximum absolute atomic E-state index is 11.5. The van der Waals surface area contributed by atoms with E-state index < -0.39 is 5.91 Å². The molecule has 0 unspecified atom stereocenters. The van der Waals surface area contributed by atoms with Crippen molar-refractivity contribution < 1.29 is 13.9 Å². The second-order valence-electron chi connectivity index (χ2n) is 5.12. The zero-order valence-corrected chi connectivity index (χ0v) is 14.2. The van der Waals surface area contributed by atoms with E-state index in [1.165, 1.54) is 0 Å². The van der Waals surface area contributed by atoms with Crippen molar-refractivity contribution in [3.05, 3.63) is 66.1 Å². The number of aromatic nitrogens is 2. The number of ether oxygens (including phenoxy) is 1. The second kappa shape index (κ2) is 8.34. The van der Waals surface area contributed by atoms with E-state index in [1.807, 2.05) is 30.3 Å². The molecule has 3 aromatic rings. The van der Waals surface area contributed by atoms with Crippen LogP contribution >= 0.6 is 11.8 Å². The zero-order chi connectivity index (χ0) is 17.5. The third-order valence-corrected chi connectivity index (χ3v) is 4.26. The maximum atomic E-state index is 11.5. The molecule has 0 aliphatic rings. The Labute approximate surface area is 149 Å². The Hall–Kier alpha value is -2.80. The molecule has 0 saturated carbocycles. The van der Waals surface area contributed by atoms with E-state index in [9.17, 15) is 4.79 Å². The predicted molar refractivity (Wildman–Crippen MR) is 96.4 cm³/mol. The summed E-state index contributed by atoms with van der Waals surface area (Å²) in [5.74, 6) is 2.49. The average molecular weight is 355 g/mol. The van der Waals surface area contributed by atoms with Gasteiger partial charge in [0, 0.05) is 5.75 Å². The molecule has 0 bridgehead atoms. The number of carbonyl (C=O) groups excluding carboxylic acids is 1. The molecule has 128 valence electrons. The lowest BCUT2D eigenvalue weighted by Crippen LogP contribution is -2.12. The van der Waals surface area contributed by atoms with Gasteiger partial charge in [-0.1, -0.05) is 30.3 Å². The fourth-order valence-electron chi connectivity index (χ4n) is 2.20. The molecule has 2 N–H and O–H groups in total. The first-order chi connectivity index (χ1) is 12.2. The summed E-state index contributed by atoms with van der Waals surface area (Å²) < 4.78 is 11.3. The van der Waals surface area contributed by atoms with E-state index >= 15 is 0 Å². The van der Waals surface area contributed by atoms with E-state index in [-0.39, 0.29) is 0 Å². The summed E-state index contributed by atoms with van der Waals surface area (Å²) in [6, 6.07) is 16.6. The maximum Gasteiger partial charge on any atom is 0.249 e. The Morgan fingerprint density at radius 2 is 1.84 bits per heavy atom. The van der Waals surface area contributed by atoms with E-state index in [0.29, 0.717) is 35.3 Å². The van der Waals surface area contributed by atoms with Gasteiger partial charge in [0.05, 0.1) is 23.5 Å². The van der Waals surface area contributed by atoms with Gasteiger partial charge in [-0.2, -0.15) is 0 Å². The molecular weight excluding hydrogens is 338 g/mol. The van der Waals surface area contributed by atoms with Crippen molar-refractivity contribution >= 4 is 17.7 Å². The number of amides is 1. The van der Waals surface area contributed by atoms with E-state index in [0.717, 1.165) is 11.5 Å². The number of hydrogen-bond donors (Lipinski definition) is 1. The first-order valence-electron chi connectivity index (χ1n) is 7.71. The van der Waals surface area contributed by atoms with Crippen LogP contribution in [-0.2, 0) is 5.75 Å². The van der Waals surface area contributed by atoms with Gasteiger partial charge >= 0.3 is 0 Å². The molecule has 0 fully saturated rings. The Kier molecular flexibility index (Phi) is 5.69. The number of rotatable bonds is 8. The number of thioether (sulfide) groups is 1. The molecule has 7 heteroatoms. The Morgan fingerprint density at radius 3 is 2.64 bits per heavy atom. The molecule has 0 aliphatic carbocycles. The van der Waals surface area contributed by atoms with Crippen LogP contribution in [0.25, 0.3) is 11.5 Å². The number of primary amides is 1. The van der Waals surface area contributed by atoms with Crippen molar-refractivity contribution in [2.45, 2.75) is 5.75 Å². The van der Waals surface area contributed by atoms with Crippen LogP contribution in [-0.4, -0.2) is 28.5 Å². The third-order valence-electron chi connectivity index (χ3n) is 3.35. The molecule has 3 rings (SSSR count). The summed E-state index contributed by atoms with van der Waals surface area (Å²) in [4.78, 5) is 11.5. The molecule has 1 amide bonds. The van der Waals surface area contributed by atoms with Gasteiger partial charge in [-0.25, -0.2) is 0 Å². The fraction of sp³-hybridized carbons (Fsp3) is 0.167. The van der Waals surface area contributed by atoms with Crippen LogP contribution < -0.4 is 10.5 Å². The predicted octanol–water partition coefficient (Wildman–Crippen LogP) is 3.15. The summed E-state index contributed by atoms with van der Waals surface area (Å²) in [5, 5.41) is 8.03. The van der Waals surface area contributed by atoms with Gasteiger partial charge in [0.2, 0.25) is 17.7 Å². The molecule has 1 aromatic heterocycles. The van der Waals surface area contributed by atoms with E-state index in [2.05, 4.69) is 10.2 Å². The van der Waals surface area contributed by atoms with Crippen molar-refractivity contribution in [3.63, 3.8) is 0 Å². The Balaban J connectivity index is 1.52. The molecule has 6 nitrogen and oxygen atoms in total. The smallest absolute Gasteiger partial charge is 0.249 e. The normalized spacial score (nSPS) is 10.6. The quantitative estimate of drug-likeness (QED) is 0.624. The van der Waals surface area contributed by atoms with Crippen molar-refractivity contribution in [2.24, 2.45) is 5.73 Å². The minimum atomic E-state index is -0.525. The number of hydrogen-bond acceptors (Lipinski definition) is 6. The molecule has 0 saturated heterocycles. The molecule has 0 atom stereocenters. The highest BCUT2D eigenvalue weighted by atomic mass is 32.2. The molecular formula is C18H17N3O3S. The van der Waals surface area contributed by atoms with Crippen molar-refractivity contribution in [1.82, 2.24) is 10.2 Å². The molecule has 1 heterocycles. The van der Waals surface area contributed by atoms with E-state index in [1.54, 1.807) is 36.0 Å². The van der Waals surface area contributed by atoms with Gasteiger partial charge in [-0.15, -0.1) is 22.0 Å². The summed E-state index contributed by atoms with van der Waals surface area (Å²) in [6.45, 7) is 0.597. The van der Waals surface area contributed by atoms with Crippen LogP contribution in [0.3, 0.4) is 0 Å². The van der Waals surface area contributed by atoms with Crippen molar-refractivity contribution in [3.8, 4) is 17.2 Å². The minimum absolute atomic E-state index is 0.297. The Bertz CT molecular complexity index is 836. The van der Waals surface area contributed by atoms with Gasteiger partial charge < -0.3 is 14.9 Å². The van der Waals surface area contributed by atoms with Gasteiger partial charge in [-0.05, 0) is 24.3 Å². The monoisotopic (exact) mass is 355 g/mol. The highest BCUT2D eigenvalue weighted by Gasteiger charge is 2.15. The second-order valence-corrected chi connectivity index (χ2v) is 6.23. The average Bonchev–Trinajstić information content (AvgIpc) is 3.11. The summed E-state index contributed by atoms with van der Waals surface area (Å²) in [7, 11) is 0. The molecule has 0 spiro atoms. The number of carbonyl (C=O) groups is 1. The molecule has 0 radical (unpaired) electrons. The minimum Gasteiger partial charge on any atom is -0.493 e. The van der Waals surface area contributed by atoms with Crippen molar-refractivity contribution in [1.29, 1.82) is 0 Å². The standard InChI is InChI=1S/C18H17N3O3S/c19-17(22)14-8-4-5-9-15(14)18-21-20-16(24-18)12-25-11-10-23-13-6-2-1-3-7-13/h1-9H,10-12H2,(H2,19,22). The van der Waals surface area contributed by atoms with Crippen LogP contribution in [0, 0.1) is 0 Å². The topological polar surface area (TPSA) is 91.2 Å². The first kappa shape index (κ1) is 17.0. The molecule has 25 heavy (non-hydrogen) atoms. The number of nitrogens with two attached hydrogens (primary N) is 1. The number of para-hydroxylation sites is 1. The van der Waals surface area contributed by atoms with Gasteiger partial charge in [0.1, 0.15) is 5.75 Å². The highest BCUT2D eigenvalue weighted by molar-refractivity contribution is 7.98. The molecule has 0 aliphatic heterocycles. The summed E-state index contributed by atoms with van der Waals surface area (Å²) in [5.41, 5.74) is 6.28. The lowest BCUT2D eigenvalue weighted by Gasteiger charge is -2.04. The number of nitrogens with zero attached hydrogens (tertiary/aromatic N) is 2. The Morgan fingerprint density at radius 1 is 1.08 bits per heavy atom. The van der Waals surface area contributed by atoms with Crippen LogP contribution in [0.1, 0.15) is 16.2 Å². The SMILES string of the molecule is NC(=O)c1ccccc1-c1nnc(CSCCOc2ccccc2)o1. The lowest BCUT2D eigenvalue weighted by atomic mass is 10.1.